The van der Waals surface area contributed by atoms with Crippen molar-refractivity contribution in [2.75, 3.05) is 5.32 Å². The van der Waals surface area contributed by atoms with Crippen molar-refractivity contribution in [3.8, 4) is 5.75 Å². The second-order valence-electron chi connectivity index (χ2n) is 4.26. The highest BCUT2D eigenvalue weighted by Crippen LogP contribution is 2.23. The molecule has 0 atom stereocenters. The number of hydrogen-bond donors (Lipinski definition) is 2. The van der Waals surface area contributed by atoms with Crippen molar-refractivity contribution in [3.63, 3.8) is 0 Å². The number of hydrogen-bond acceptors (Lipinski definition) is 5. The summed E-state index contributed by atoms with van der Waals surface area (Å²) in [5.74, 6) is -1.29. The minimum absolute atomic E-state index is 0.00547. The number of benzene rings is 1. The lowest BCUT2D eigenvalue weighted by Crippen LogP contribution is -2.14. The molecule has 2 N–H and O–H groups in total. The van der Waals surface area contributed by atoms with E-state index in [4.69, 9.17) is 5.11 Å². The van der Waals surface area contributed by atoms with Gasteiger partial charge in [0.25, 0.3) is 5.91 Å². The van der Waals surface area contributed by atoms with Gasteiger partial charge in [-0.05, 0) is 29.6 Å². The molecule has 0 aliphatic heterocycles. The number of nitrogens with one attached hydrogen (secondary N) is 1. The largest absolute Gasteiger partial charge is 0.508 e. The highest BCUT2D eigenvalue weighted by molar-refractivity contribution is 7.08. The number of carbonyl (C=O) groups excluding carboxylic acids is 1. The van der Waals surface area contributed by atoms with Gasteiger partial charge in [-0.15, -0.1) is 5.10 Å². The third-order valence-electron chi connectivity index (χ3n) is 2.47. The Morgan fingerprint density at radius 1 is 1.47 bits per heavy atom. The second-order valence-corrected chi connectivity index (χ2v) is 5.01. The van der Waals surface area contributed by atoms with E-state index in [2.05, 4.69) is 14.9 Å². The second kappa shape index (κ2) is 5.31. The van der Waals surface area contributed by atoms with E-state index in [0.717, 1.165) is 17.6 Å². The van der Waals surface area contributed by atoms with Gasteiger partial charge in [-0.1, -0.05) is 18.3 Å². The topological polar surface area (TPSA) is 75.1 Å². The van der Waals surface area contributed by atoms with Gasteiger partial charge in [0.1, 0.15) is 16.4 Å². The molecule has 0 aliphatic carbocycles. The third kappa shape index (κ3) is 2.87. The van der Waals surface area contributed by atoms with Crippen LogP contribution in [-0.2, 0) is 0 Å². The van der Waals surface area contributed by atoms with Crippen molar-refractivity contribution < 1.29 is 14.3 Å². The number of anilines is 1. The van der Waals surface area contributed by atoms with Crippen LogP contribution < -0.4 is 5.32 Å². The monoisotopic (exact) mass is 281 g/mol. The summed E-state index contributed by atoms with van der Waals surface area (Å²) in [6.45, 7) is 3.79. The SMILES string of the molecule is CC(C)c1nnsc1C(=O)Nc1ccc(O)cc1F. The summed E-state index contributed by atoms with van der Waals surface area (Å²) >= 11 is 0.969. The first kappa shape index (κ1) is 13.4. The Balaban J connectivity index is 2.23. The molecule has 2 rings (SSSR count). The maximum atomic E-state index is 13.5. The van der Waals surface area contributed by atoms with Crippen molar-refractivity contribution in [3.05, 3.63) is 34.6 Å². The lowest BCUT2D eigenvalue weighted by molar-refractivity contribution is 0.102. The van der Waals surface area contributed by atoms with Gasteiger partial charge in [0.2, 0.25) is 0 Å². The molecular formula is C12H12FN3O2S. The normalized spacial score (nSPS) is 10.7. The summed E-state index contributed by atoms with van der Waals surface area (Å²) in [6.07, 6.45) is 0. The first-order valence-electron chi connectivity index (χ1n) is 5.61. The molecule has 100 valence electrons. The van der Waals surface area contributed by atoms with Crippen LogP contribution in [0.25, 0.3) is 0 Å². The highest BCUT2D eigenvalue weighted by Gasteiger charge is 2.19. The highest BCUT2D eigenvalue weighted by atomic mass is 32.1. The van der Waals surface area contributed by atoms with E-state index in [1.54, 1.807) is 0 Å². The van der Waals surface area contributed by atoms with Crippen LogP contribution in [-0.4, -0.2) is 20.6 Å². The number of phenols is 1. The molecule has 0 saturated carbocycles. The number of halogens is 1. The van der Waals surface area contributed by atoms with Gasteiger partial charge in [0.15, 0.2) is 0 Å². The van der Waals surface area contributed by atoms with Crippen LogP contribution in [0.2, 0.25) is 0 Å². The van der Waals surface area contributed by atoms with E-state index in [-0.39, 0.29) is 17.4 Å². The first-order chi connectivity index (χ1) is 8.99. The molecule has 0 fully saturated rings. The Morgan fingerprint density at radius 2 is 2.21 bits per heavy atom. The molecule has 1 aromatic heterocycles. The van der Waals surface area contributed by atoms with Crippen molar-refractivity contribution in [1.82, 2.24) is 9.59 Å². The molecule has 1 heterocycles. The van der Waals surface area contributed by atoms with Crippen LogP contribution in [0.5, 0.6) is 5.75 Å². The van der Waals surface area contributed by atoms with E-state index < -0.39 is 11.7 Å². The van der Waals surface area contributed by atoms with Gasteiger partial charge in [-0.3, -0.25) is 4.79 Å². The van der Waals surface area contributed by atoms with Crippen LogP contribution in [0.3, 0.4) is 0 Å². The fraction of sp³-hybridized carbons (Fsp3) is 0.250. The standard InChI is InChI=1S/C12H12FN3O2S/c1-6(2)10-11(19-16-15-10)12(18)14-9-4-3-7(17)5-8(9)13/h3-6,17H,1-2H3,(H,14,18). The molecule has 19 heavy (non-hydrogen) atoms. The zero-order valence-corrected chi connectivity index (χ0v) is 11.2. The zero-order chi connectivity index (χ0) is 14.0. The lowest BCUT2D eigenvalue weighted by atomic mass is 10.1. The Bertz CT molecular complexity index is 613. The van der Waals surface area contributed by atoms with Gasteiger partial charge in [-0.25, -0.2) is 4.39 Å². The number of nitrogens with zero attached hydrogens (tertiary/aromatic N) is 2. The predicted octanol–water partition coefficient (Wildman–Crippen LogP) is 2.76. The van der Waals surface area contributed by atoms with Gasteiger partial charge >= 0.3 is 0 Å². The third-order valence-corrected chi connectivity index (χ3v) is 3.21. The number of carbonyl (C=O) groups is 1. The first-order valence-corrected chi connectivity index (χ1v) is 6.38. The number of aromatic hydroxyl groups is 1. The Morgan fingerprint density at radius 3 is 2.84 bits per heavy atom. The van der Waals surface area contributed by atoms with Crippen LogP contribution in [0.4, 0.5) is 10.1 Å². The maximum Gasteiger partial charge on any atom is 0.269 e. The molecule has 1 amide bonds. The Labute approximate surface area is 113 Å². The molecule has 0 unspecified atom stereocenters. The van der Waals surface area contributed by atoms with E-state index in [9.17, 15) is 9.18 Å². The number of phenolic OH excluding ortho intramolecular Hbond substituents is 1. The molecule has 0 saturated heterocycles. The summed E-state index contributed by atoms with van der Waals surface area (Å²) in [5.41, 5.74) is 0.590. The van der Waals surface area contributed by atoms with Gasteiger partial charge < -0.3 is 10.4 Å². The summed E-state index contributed by atoms with van der Waals surface area (Å²) in [4.78, 5) is 12.4. The quantitative estimate of drug-likeness (QED) is 0.848. The molecule has 5 nitrogen and oxygen atoms in total. The maximum absolute atomic E-state index is 13.5. The minimum atomic E-state index is -0.697. The van der Waals surface area contributed by atoms with E-state index in [1.807, 2.05) is 13.8 Å². The average Bonchev–Trinajstić information content (AvgIpc) is 2.82. The molecule has 0 bridgehead atoms. The summed E-state index contributed by atoms with van der Waals surface area (Å²) in [7, 11) is 0. The van der Waals surface area contributed by atoms with Crippen LogP contribution in [0.1, 0.15) is 35.1 Å². The molecular weight excluding hydrogens is 269 g/mol. The predicted molar refractivity (Wildman–Crippen MR) is 70.0 cm³/mol. The van der Waals surface area contributed by atoms with Crippen molar-refractivity contribution in [2.24, 2.45) is 0 Å². The van der Waals surface area contributed by atoms with Gasteiger partial charge in [-0.2, -0.15) is 0 Å². The molecule has 1 aromatic carbocycles. The molecule has 7 heteroatoms. The summed E-state index contributed by atoms with van der Waals surface area (Å²) < 4.78 is 17.2. The van der Waals surface area contributed by atoms with E-state index in [1.165, 1.54) is 12.1 Å². The smallest absolute Gasteiger partial charge is 0.269 e. The molecule has 0 spiro atoms. The fourth-order valence-corrected chi connectivity index (χ4v) is 2.23. The minimum Gasteiger partial charge on any atom is -0.508 e. The van der Waals surface area contributed by atoms with Crippen LogP contribution >= 0.6 is 11.5 Å². The van der Waals surface area contributed by atoms with Crippen molar-refractivity contribution in [2.45, 2.75) is 19.8 Å². The number of rotatable bonds is 3. The van der Waals surface area contributed by atoms with Crippen LogP contribution in [0.15, 0.2) is 18.2 Å². The lowest BCUT2D eigenvalue weighted by Gasteiger charge is -2.07. The fourth-order valence-electron chi connectivity index (χ4n) is 1.52. The molecule has 0 radical (unpaired) electrons. The van der Waals surface area contributed by atoms with Crippen molar-refractivity contribution in [1.29, 1.82) is 0 Å². The van der Waals surface area contributed by atoms with E-state index in [0.29, 0.717) is 10.6 Å². The summed E-state index contributed by atoms with van der Waals surface area (Å²) in [5, 5.41) is 15.4. The van der Waals surface area contributed by atoms with E-state index >= 15 is 0 Å². The van der Waals surface area contributed by atoms with Crippen molar-refractivity contribution >= 4 is 23.1 Å². The number of aromatic nitrogens is 2. The number of amides is 1. The Kier molecular flexibility index (Phi) is 3.75. The summed E-state index contributed by atoms with van der Waals surface area (Å²) in [6, 6.07) is 3.53. The Hall–Kier alpha value is -2.02. The van der Waals surface area contributed by atoms with Gasteiger partial charge in [0.05, 0.1) is 11.4 Å². The molecule has 0 aliphatic rings. The average molecular weight is 281 g/mol. The van der Waals surface area contributed by atoms with Gasteiger partial charge in [0, 0.05) is 6.07 Å². The van der Waals surface area contributed by atoms with Crippen LogP contribution in [0, 0.1) is 5.82 Å². The molecule has 2 aromatic rings. The zero-order valence-electron chi connectivity index (χ0n) is 10.3.